The lowest BCUT2D eigenvalue weighted by atomic mass is 9.86. The quantitative estimate of drug-likeness (QED) is 0.0971. The molecule has 0 aromatic carbocycles. The molecule has 2 unspecified atom stereocenters. The number of aromatic amines is 1. The first-order valence-corrected chi connectivity index (χ1v) is 16.9. The number of carboxylic acids is 2. The highest BCUT2D eigenvalue weighted by molar-refractivity contribution is 7.86. The van der Waals surface area contributed by atoms with Crippen molar-refractivity contribution in [1.29, 1.82) is 0 Å². The van der Waals surface area contributed by atoms with Crippen LogP contribution in [-0.2, 0) is 43.8 Å². The van der Waals surface area contributed by atoms with Crippen LogP contribution in [0.15, 0.2) is 40.6 Å². The zero-order valence-corrected chi connectivity index (χ0v) is 27.1. The molecule has 1 spiro atoms. The molecule has 6 heterocycles. The SMILES string of the molecule is C=CC1=C(C)[C@@H](CC2N/C(=C\c3[nH]c(CC4NC(=O)[C@H](C)[C@H]4[C@H]4C[SH+]4)c(C)c3CCC(=O)O)C(CCC(=O)O)=C2C)N[C@@]12NO2. The van der Waals surface area contributed by atoms with Gasteiger partial charge in [-0.25, -0.2) is 0 Å². The Bertz CT molecular complexity index is 1530. The smallest absolute Gasteiger partial charge is 0.303 e. The third kappa shape index (κ3) is 6.13. The Morgan fingerprint density at radius 2 is 1.78 bits per heavy atom. The van der Waals surface area contributed by atoms with Crippen molar-refractivity contribution >= 4 is 35.7 Å². The predicted octanol–water partition coefficient (Wildman–Crippen LogP) is 2.38. The normalized spacial score (nSPS) is 32.9. The second-order valence-electron chi connectivity index (χ2n) is 13.1. The lowest BCUT2D eigenvalue weighted by molar-refractivity contribution is -0.138. The van der Waals surface area contributed by atoms with Crippen LogP contribution in [0.5, 0.6) is 0 Å². The molecule has 242 valence electrons. The minimum absolute atomic E-state index is 0.00281. The first kappa shape index (κ1) is 31.7. The van der Waals surface area contributed by atoms with Crippen molar-refractivity contribution in [2.24, 2.45) is 11.8 Å². The summed E-state index contributed by atoms with van der Waals surface area (Å²) >= 11 is 1.41. The second-order valence-corrected chi connectivity index (χ2v) is 14.5. The van der Waals surface area contributed by atoms with E-state index in [0.29, 0.717) is 24.5 Å². The number of thiol groups is 1. The van der Waals surface area contributed by atoms with Gasteiger partial charge < -0.3 is 25.8 Å². The molecular formula is C33H44N5O6S+. The number of carbonyl (C=O) groups excluding carboxylic acids is 1. The van der Waals surface area contributed by atoms with Gasteiger partial charge in [0.15, 0.2) is 11.0 Å². The summed E-state index contributed by atoms with van der Waals surface area (Å²) in [5.41, 5.74) is 11.8. The summed E-state index contributed by atoms with van der Waals surface area (Å²) in [7, 11) is 0. The van der Waals surface area contributed by atoms with Crippen molar-refractivity contribution in [2.75, 3.05) is 5.75 Å². The fourth-order valence-corrected chi connectivity index (χ4v) is 8.69. The highest BCUT2D eigenvalue weighted by Gasteiger charge is 2.55. The van der Waals surface area contributed by atoms with Crippen LogP contribution in [0.3, 0.4) is 0 Å². The molecule has 7 atom stereocenters. The maximum atomic E-state index is 12.6. The van der Waals surface area contributed by atoms with E-state index in [1.165, 1.54) is 11.8 Å². The number of aliphatic carboxylic acids is 2. The van der Waals surface area contributed by atoms with Gasteiger partial charge in [-0.3, -0.25) is 24.5 Å². The number of aromatic nitrogens is 1. The van der Waals surface area contributed by atoms with Crippen LogP contribution < -0.4 is 21.4 Å². The van der Waals surface area contributed by atoms with E-state index in [-0.39, 0.29) is 48.7 Å². The van der Waals surface area contributed by atoms with Gasteiger partial charge in [0, 0.05) is 71.9 Å². The Hall–Kier alpha value is -3.32. The third-order valence-electron chi connectivity index (χ3n) is 10.4. The summed E-state index contributed by atoms with van der Waals surface area (Å²) in [6, 6.07) is 0.0109. The maximum Gasteiger partial charge on any atom is 0.303 e. The van der Waals surface area contributed by atoms with Gasteiger partial charge in [-0.1, -0.05) is 19.6 Å². The molecule has 5 aliphatic heterocycles. The van der Waals surface area contributed by atoms with Gasteiger partial charge in [0.2, 0.25) is 11.8 Å². The van der Waals surface area contributed by atoms with E-state index in [9.17, 15) is 24.6 Å². The van der Waals surface area contributed by atoms with E-state index in [1.807, 2.05) is 26.0 Å². The summed E-state index contributed by atoms with van der Waals surface area (Å²) in [4.78, 5) is 45.0. The lowest BCUT2D eigenvalue weighted by Gasteiger charge is -2.20. The molecule has 5 aliphatic rings. The standard InChI is InChI=1S/C33H43N5O6S/c1-6-21-17(4)24(37-33(21)38-44-33)11-22-15(2)19(7-9-29(39)40)25(34-22)13-26-20(8-10-30(41)42)16(3)23(35-26)12-27-31(28-14-45-28)18(5)32(43)36-27/h6,13,18,22,24,27-28,31,34-35,37-38H,1,7-12,14H2,2-5H3,(H,36,43)(H,39,40)(H,41,42)/p+1/b25-13-/t18-,22?,24-,27?,28-,31-,33-/m1/s1. The number of allylic oxidation sites excluding steroid dienone is 1. The first-order valence-electron chi connectivity index (χ1n) is 15.8. The summed E-state index contributed by atoms with van der Waals surface area (Å²) in [6.45, 7) is 12.1. The highest BCUT2D eigenvalue weighted by atomic mass is 32.2. The average molecular weight is 639 g/mol. The Morgan fingerprint density at radius 3 is 2.38 bits per heavy atom. The van der Waals surface area contributed by atoms with E-state index in [2.05, 4.69) is 46.8 Å². The zero-order valence-electron chi connectivity index (χ0n) is 26.3. The Kier molecular flexibility index (Phi) is 8.53. The largest absolute Gasteiger partial charge is 0.481 e. The van der Waals surface area contributed by atoms with Crippen molar-refractivity contribution in [3.05, 3.63) is 63.2 Å². The average Bonchev–Trinajstić information content (AvgIpc) is 3.87. The van der Waals surface area contributed by atoms with Gasteiger partial charge in [0.25, 0.3) is 0 Å². The molecule has 1 amide bonds. The number of rotatable bonds is 13. The second kappa shape index (κ2) is 12.1. The minimum Gasteiger partial charge on any atom is -0.481 e. The molecule has 1 aromatic rings. The Labute approximate surface area is 267 Å². The van der Waals surface area contributed by atoms with Gasteiger partial charge in [0.1, 0.15) is 0 Å². The summed E-state index contributed by atoms with van der Waals surface area (Å²) < 4.78 is 0. The van der Waals surface area contributed by atoms with Crippen molar-refractivity contribution in [3.63, 3.8) is 0 Å². The molecule has 11 nitrogen and oxygen atoms in total. The number of H-pyrrole nitrogens is 1. The van der Waals surface area contributed by atoms with Gasteiger partial charge in [0.05, 0.1) is 0 Å². The number of carboxylic acid groups (broad SMARTS) is 2. The number of hydrogen-bond acceptors (Lipinski definition) is 7. The third-order valence-corrected chi connectivity index (χ3v) is 11.5. The van der Waals surface area contributed by atoms with Crippen LogP contribution in [0.2, 0.25) is 0 Å². The summed E-state index contributed by atoms with van der Waals surface area (Å²) in [5, 5.41) is 30.0. The summed E-state index contributed by atoms with van der Waals surface area (Å²) in [6.07, 6.45) is 5.94. The van der Waals surface area contributed by atoms with Gasteiger partial charge in [-0.2, -0.15) is 0 Å². The molecule has 6 rings (SSSR count). The van der Waals surface area contributed by atoms with Crippen LogP contribution >= 0.6 is 0 Å². The molecule has 0 bridgehead atoms. The fourth-order valence-electron chi connectivity index (χ4n) is 7.61. The van der Waals surface area contributed by atoms with Gasteiger partial charge >= 0.3 is 11.9 Å². The lowest BCUT2D eigenvalue weighted by Crippen LogP contribution is -2.41. The van der Waals surface area contributed by atoms with Crippen molar-refractivity contribution in [1.82, 2.24) is 26.4 Å². The van der Waals surface area contributed by atoms with Crippen LogP contribution in [0.1, 0.15) is 69.0 Å². The molecule has 0 radical (unpaired) electrons. The van der Waals surface area contributed by atoms with Crippen LogP contribution in [0, 0.1) is 18.8 Å². The summed E-state index contributed by atoms with van der Waals surface area (Å²) in [5.74, 6) is -0.896. The molecule has 0 saturated carbocycles. The number of hydroxylamine groups is 1. The van der Waals surface area contributed by atoms with Gasteiger partial charge in [-0.15, -0.1) is 5.48 Å². The van der Waals surface area contributed by atoms with E-state index < -0.39 is 17.8 Å². The molecule has 12 heteroatoms. The van der Waals surface area contributed by atoms with Crippen LogP contribution in [0.4, 0.5) is 0 Å². The van der Waals surface area contributed by atoms with Crippen molar-refractivity contribution in [3.8, 4) is 0 Å². The van der Waals surface area contributed by atoms with E-state index in [1.54, 1.807) is 0 Å². The molecule has 1 aromatic heterocycles. The van der Waals surface area contributed by atoms with E-state index >= 15 is 0 Å². The van der Waals surface area contributed by atoms with E-state index in [4.69, 9.17) is 4.84 Å². The van der Waals surface area contributed by atoms with Crippen LogP contribution in [0.25, 0.3) is 6.08 Å². The minimum atomic E-state index is -0.865. The Morgan fingerprint density at radius 1 is 1.09 bits per heavy atom. The highest BCUT2D eigenvalue weighted by Crippen LogP contribution is 2.41. The topological polar surface area (TPSA) is 178 Å². The predicted molar refractivity (Wildman–Crippen MR) is 173 cm³/mol. The molecule has 3 saturated heterocycles. The van der Waals surface area contributed by atoms with Crippen molar-refractivity contribution < 1.29 is 29.4 Å². The first-order chi connectivity index (χ1) is 21.4. The number of hydrogen-bond donors (Lipinski definition) is 7. The van der Waals surface area contributed by atoms with Crippen LogP contribution in [-0.4, -0.2) is 68.0 Å². The molecule has 0 aliphatic carbocycles. The fraction of sp³-hybridized carbons (Fsp3) is 0.545. The number of amides is 1. The molecular weight excluding hydrogens is 594 g/mol. The molecule has 7 N–H and O–H groups in total. The van der Waals surface area contributed by atoms with Gasteiger partial charge in [-0.05, 0) is 85.7 Å². The Balaban J connectivity index is 1.30. The van der Waals surface area contributed by atoms with E-state index in [0.717, 1.165) is 62.7 Å². The number of carbonyl (C=O) groups is 3. The molecule has 45 heavy (non-hydrogen) atoms. The number of nitrogens with one attached hydrogen (secondary N) is 5. The van der Waals surface area contributed by atoms with Crippen molar-refractivity contribution in [2.45, 2.75) is 95.4 Å². The monoisotopic (exact) mass is 638 g/mol. The maximum absolute atomic E-state index is 12.6. The molecule has 3 fully saturated rings. The zero-order chi connectivity index (χ0) is 32.2.